The fraction of sp³-hybridized carbons (Fsp3) is 0.300. The van der Waals surface area contributed by atoms with E-state index in [1.54, 1.807) is 51.1 Å². The first-order valence-corrected chi connectivity index (χ1v) is 13.7. The Balaban J connectivity index is 2.36. The van der Waals surface area contributed by atoms with Crippen molar-refractivity contribution in [1.29, 1.82) is 0 Å². The van der Waals surface area contributed by atoms with E-state index in [0.29, 0.717) is 11.6 Å². The van der Waals surface area contributed by atoms with Crippen LogP contribution in [0.15, 0.2) is 72.8 Å². The third kappa shape index (κ3) is 8.08. The summed E-state index contributed by atoms with van der Waals surface area (Å²) in [4.78, 5) is 11.7. The lowest BCUT2D eigenvalue weighted by molar-refractivity contribution is -0.253. The molecule has 0 aliphatic rings. The minimum Gasteiger partial charge on any atom is -0.598 e. The Morgan fingerprint density at radius 3 is 2.26 bits per heavy atom. The number of halogens is 6. The standard InChI is InChI=1S/C30H29F6NO4S/c1-28(2,3)42(39)37-29(18-19-8-6-5-7-9-19,21-11-12-25(32)20(14-21)10-13-26(38)40-4)22-15-23(31)17-24(16-22)41-30(35,36)27(33)34/h5-17,27,37H,18H2,1-4H3/t29-,42?/m1/s1. The number of hydrogen-bond acceptors (Lipinski definition) is 5. The molecule has 0 saturated carbocycles. The predicted molar refractivity (Wildman–Crippen MR) is 147 cm³/mol. The van der Waals surface area contributed by atoms with Crippen LogP contribution in [-0.4, -0.2) is 34.9 Å². The van der Waals surface area contributed by atoms with Gasteiger partial charge in [-0.3, -0.25) is 0 Å². The molecule has 0 aliphatic heterocycles. The van der Waals surface area contributed by atoms with Crippen LogP contribution in [0.25, 0.3) is 6.08 Å². The first-order chi connectivity index (χ1) is 19.6. The first kappa shape index (κ1) is 33.0. The van der Waals surface area contributed by atoms with E-state index in [1.807, 2.05) is 0 Å². The largest absolute Gasteiger partial charge is 0.598 e. The molecule has 1 unspecified atom stereocenters. The lowest BCUT2D eigenvalue weighted by Gasteiger charge is -2.39. The van der Waals surface area contributed by atoms with Gasteiger partial charge in [-0.05, 0) is 67.8 Å². The molecular weight excluding hydrogens is 584 g/mol. The van der Waals surface area contributed by atoms with Crippen LogP contribution < -0.4 is 9.46 Å². The Hall–Kier alpha value is -3.48. The third-order valence-corrected chi connectivity index (χ3v) is 7.74. The molecule has 2 atom stereocenters. The normalized spacial score (nSPS) is 14.6. The minimum atomic E-state index is -4.93. The van der Waals surface area contributed by atoms with Crippen molar-refractivity contribution in [1.82, 2.24) is 4.72 Å². The highest BCUT2D eigenvalue weighted by molar-refractivity contribution is 7.90. The van der Waals surface area contributed by atoms with E-state index in [-0.39, 0.29) is 23.1 Å². The molecule has 3 rings (SSSR count). The van der Waals surface area contributed by atoms with Crippen molar-refractivity contribution in [3.05, 3.63) is 107 Å². The number of ether oxygens (including phenoxy) is 2. The van der Waals surface area contributed by atoms with Crippen LogP contribution >= 0.6 is 0 Å². The van der Waals surface area contributed by atoms with Crippen LogP contribution in [0.3, 0.4) is 0 Å². The molecule has 226 valence electrons. The van der Waals surface area contributed by atoms with Crippen LogP contribution in [0.5, 0.6) is 5.75 Å². The van der Waals surface area contributed by atoms with E-state index in [0.717, 1.165) is 37.5 Å². The zero-order chi connectivity index (χ0) is 31.3. The average Bonchev–Trinajstić information content (AvgIpc) is 2.91. The predicted octanol–water partition coefficient (Wildman–Crippen LogP) is 6.93. The molecule has 5 nitrogen and oxygen atoms in total. The maximum absolute atomic E-state index is 15.0. The summed E-state index contributed by atoms with van der Waals surface area (Å²) in [6.45, 7) is 4.96. The van der Waals surface area contributed by atoms with Gasteiger partial charge in [0.2, 0.25) is 0 Å². The smallest absolute Gasteiger partial charge is 0.461 e. The number of rotatable bonds is 11. The van der Waals surface area contributed by atoms with Crippen molar-refractivity contribution >= 4 is 23.4 Å². The maximum Gasteiger partial charge on any atom is 0.461 e. The molecule has 3 aromatic carbocycles. The summed E-state index contributed by atoms with van der Waals surface area (Å²) in [7, 11) is 1.14. The number of nitrogens with one attached hydrogen (secondary N) is 1. The molecule has 0 aromatic heterocycles. The van der Waals surface area contributed by atoms with Crippen molar-refractivity contribution in [2.75, 3.05) is 7.11 Å². The van der Waals surface area contributed by atoms with Crippen LogP contribution in [0.1, 0.15) is 43.0 Å². The van der Waals surface area contributed by atoms with E-state index in [2.05, 4.69) is 14.2 Å². The SMILES string of the molecule is COC(=O)C=Cc1cc([C@@](Cc2ccccc2)(N[S+]([O-])C(C)(C)C)c2cc(F)cc(OC(F)(F)C(F)F)c2)ccc1F. The molecule has 3 aromatic rings. The summed E-state index contributed by atoms with van der Waals surface area (Å²) in [5.74, 6) is -3.54. The monoisotopic (exact) mass is 613 g/mol. The molecule has 0 fully saturated rings. The number of esters is 1. The van der Waals surface area contributed by atoms with Gasteiger partial charge in [-0.15, -0.1) is 4.72 Å². The second-order valence-corrected chi connectivity index (χ2v) is 12.3. The number of carbonyl (C=O) groups excluding carboxylic acids is 1. The van der Waals surface area contributed by atoms with Crippen LogP contribution in [0.2, 0.25) is 0 Å². The van der Waals surface area contributed by atoms with Gasteiger partial charge < -0.3 is 14.0 Å². The number of methoxy groups -OCH3 is 1. The van der Waals surface area contributed by atoms with Crippen LogP contribution in [0.4, 0.5) is 26.3 Å². The van der Waals surface area contributed by atoms with Crippen molar-refractivity contribution in [2.45, 2.75) is 50.0 Å². The highest BCUT2D eigenvalue weighted by Gasteiger charge is 2.46. The summed E-state index contributed by atoms with van der Waals surface area (Å²) < 4.78 is 108. The number of carbonyl (C=O) groups is 1. The Morgan fingerprint density at radius 1 is 1.00 bits per heavy atom. The molecule has 0 aliphatic carbocycles. The van der Waals surface area contributed by atoms with Crippen molar-refractivity contribution in [2.24, 2.45) is 0 Å². The van der Waals surface area contributed by atoms with Gasteiger partial charge >= 0.3 is 18.5 Å². The van der Waals surface area contributed by atoms with E-state index in [9.17, 15) is 31.3 Å². The second-order valence-electron chi connectivity index (χ2n) is 10.3. The molecule has 0 saturated heterocycles. The molecular formula is C30H29F6NO4S. The number of benzene rings is 3. The van der Waals surface area contributed by atoms with Gasteiger partial charge in [0.1, 0.15) is 27.7 Å². The molecule has 42 heavy (non-hydrogen) atoms. The zero-order valence-electron chi connectivity index (χ0n) is 23.1. The average molecular weight is 614 g/mol. The summed E-state index contributed by atoms with van der Waals surface area (Å²) in [5.41, 5.74) is -1.17. The second kappa shape index (κ2) is 13.2. The fourth-order valence-electron chi connectivity index (χ4n) is 3.97. The van der Waals surface area contributed by atoms with Crippen molar-refractivity contribution in [3.8, 4) is 5.75 Å². The summed E-state index contributed by atoms with van der Waals surface area (Å²) in [5, 5.41) is 0. The Labute approximate surface area is 242 Å². The molecule has 0 radical (unpaired) electrons. The highest BCUT2D eigenvalue weighted by atomic mass is 32.2. The lowest BCUT2D eigenvalue weighted by Crippen LogP contribution is -2.53. The van der Waals surface area contributed by atoms with Crippen LogP contribution in [-0.2, 0) is 32.9 Å². The van der Waals surface area contributed by atoms with Gasteiger partial charge in [0.15, 0.2) is 0 Å². The fourth-order valence-corrected chi connectivity index (χ4v) is 4.90. The van der Waals surface area contributed by atoms with Gasteiger partial charge in [0, 0.05) is 35.5 Å². The molecule has 0 bridgehead atoms. The minimum absolute atomic E-state index is 0.0877. The number of alkyl halides is 4. The molecule has 0 amide bonds. The zero-order valence-corrected chi connectivity index (χ0v) is 23.9. The third-order valence-electron chi connectivity index (χ3n) is 6.10. The first-order valence-electron chi connectivity index (χ1n) is 12.5. The maximum atomic E-state index is 15.0. The molecule has 0 heterocycles. The van der Waals surface area contributed by atoms with Gasteiger partial charge in [0.05, 0.1) is 7.11 Å². The topological polar surface area (TPSA) is 70.6 Å². The summed E-state index contributed by atoms with van der Waals surface area (Å²) in [6.07, 6.45) is -7.11. The van der Waals surface area contributed by atoms with Gasteiger partial charge in [0.25, 0.3) is 0 Å². The van der Waals surface area contributed by atoms with E-state index in [1.165, 1.54) is 12.1 Å². The summed E-state index contributed by atoms with van der Waals surface area (Å²) >= 11 is -1.91. The van der Waals surface area contributed by atoms with Crippen molar-refractivity contribution < 1.29 is 45.2 Å². The quantitative estimate of drug-likeness (QED) is 0.110. The summed E-state index contributed by atoms with van der Waals surface area (Å²) in [6, 6.07) is 14.7. The molecule has 0 spiro atoms. The van der Waals surface area contributed by atoms with Gasteiger partial charge in [-0.25, -0.2) is 13.6 Å². The lowest BCUT2D eigenvalue weighted by atomic mass is 9.78. The number of hydrogen-bond donors (Lipinski definition) is 1. The molecule has 1 N–H and O–H groups in total. The Morgan fingerprint density at radius 2 is 1.67 bits per heavy atom. The van der Waals surface area contributed by atoms with Crippen LogP contribution in [0, 0.1) is 11.6 Å². The van der Waals surface area contributed by atoms with E-state index < -0.39 is 57.5 Å². The van der Waals surface area contributed by atoms with Gasteiger partial charge in [-0.2, -0.15) is 17.6 Å². The van der Waals surface area contributed by atoms with Gasteiger partial charge in [-0.1, -0.05) is 36.4 Å². The van der Waals surface area contributed by atoms with E-state index >= 15 is 4.39 Å². The Bertz CT molecular complexity index is 1410. The van der Waals surface area contributed by atoms with Crippen molar-refractivity contribution in [3.63, 3.8) is 0 Å². The highest BCUT2D eigenvalue weighted by Crippen LogP contribution is 2.40. The van der Waals surface area contributed by atoms with E-state index in [4.69, 9.17) is 0 Å². The Kier molecular flexibility index (Phi) is 10.4. The molecule has 12 heteroatoms.